The Kier molecular flexibility index (Phi) is 3.70. The van der Waals surface area contributed by atoms with Crippen LogP contribution in [0.3, 0.4) is 0 Å². The summed E-state index contributed by atoms with van der Waals surface area (Å²) in [6.45, 7) is 0. The molecule has 1 aromatic heterocycles. The second-order valence-electron chi connectivity index (χ2n) is 4.63. The zero-order chi connectivity index (χ0) is 14.8. The number of amides is 1. The summed E-state index contributed by atoms with van der Waals surface area (Å²) < 4.78 is 5.35. The third kappa shape index (κ3) is 2.54. The summed E-state index contributed by atoms with van der Waals surface area (Å²) in [6, 6.07) is 11.3. The summed E-state index contributed by atoms with van der Waals surface area (Å²) >= 11 is 1.40. The molecule has 2 heterocycles. The van der Waals surface area contributed by atoms with Crippen molar-refractivity contribution in [2.24, 2.45) is 0 Å². The fourth-order valence-corrected chi connectivity index (χ4v) is 3.69. The van der Waals surface area contributed by atoms with Crippen LogP contribution in [-0.2, 0) is 4.79 Å². The maximum Gasteiger partial charge on any atom is 0.327 e. The SMILES string of the molecule is O=C(O)[C@@H]1CSC(c2ccco2)N1C(=O)c1ccccc1. The van der Waals surface area contributed by atoms with E-state index in [0.29, 0.717) is 17.1 Å². The minimum Gasteiger partial charge on any atom is -0.480 e. The molecule has 1 amide bonds. The Labute approximate surface area is 125 Å². The molecule has 0 spiro atoms. The summed E-state index contributed by atoms with van der Waals surface area (Å²) in [5, 5.41) is 8.95. The quantitative estimate of drug-likeness (QED) is 0.943. The zero-order valence-electron chi connectivity index (χ0n) is 11.0. The maximum atomic E-state index is 12.7. The van der Waals surface area contributed by atoms with Crippen LogP contribution in [0.5, 0.6) is 0 Å². The molecule has 3 rings (SSSR count). The molecule has 0 radical (unpaired) electrons. The van der Waals surface area contributed by atoms with Gasteiger partial charge >= 0.3 is 5.97 Å². The smallest absolute Gasteiger partial charge is 0.327 e. The summed E-state index contributed by atoms with van der Waals surface area (Å²) in [6.07, 6.45) is 1.52. The van der Waals surface area contributed by atoms with Gasteiger partial charge in [-0.3, -0.25) is 4.79 Å². The van der Waals surface area contributed by atoms with Gasteiger partial charge in [0, 0.05) is 11.3 Å². The molecule has 1 aliphatic rings. The number of furan rings is 1. The largest absolute Gasteiger partial charge is 0.480 e. The van der Waals surface area contributed by atoms with Crippen molar-refractivity contribution < 1.29 is 19.1 Å². The Balaban J connectivity index is 1.96. The van der Waals surface area contributed by atoms with Crippen molar-refractivity contribution in [1.82, 2.24) is 4.90 Å². The number of benzene rings is 1. The van der Waals surface area contributed by atoms with E-state index in [1.54, 1.807) is 36.4 Å². The monoisotopic (exact) mass is 303 g/mol. The predicted molar refractivity (Wildman–Crippen MR) is 77.9 cm³/mol. The third-order valence-corrected chi connectivity index (χ3v) is 4.61. The van der Waals surface area contributed by atoms with Gasteiger partial charge in [-0.1, -0.05) is 18.2 Å². The summed E-state index contributed by atoms with van der Waals surface area (Å²) in [5.74, 6) is -0.359. The van der Waals surface area contributed by atoms with Crippen LogP contribution in [0.25, 0.3) is 0 Å². The van der Waals surface area contributed by atoms with Crippen molar-refractivity contribution in [3.05, 3.63) is 60.1 Å². The highest BCUT2D eigenvalue weighted by atomic mass is 32.2. The molecule has 108 valence electrons. The average molecular weight is 303 g/mol. The van der Waals surface area contributed by atoms with E-state index >= 15 is 0 Å². The molecule has 2 atom stereocenters. The van der Waals surface area contributed by atoms with Crippen LogP contribution in [0.4, 0.5) is 0 Å². The fraction of sp³-hybridized carbons (Fsp3) is 0.200. The van der Waals surface area contributed by atoms with Gasteiger partial charge in [0.25, 0.3) is 5.91 Å². The Morgan fingerprint density at radius 2 is 1.95 bits per heavy atom. The molecule has 0 bridgehead atoms. The molecule has 5 nitrogen and oxygen atoms in total. The third-order valence-electron chi connectivity index (χ3n) is 3.33. The molecule has 2 aromatic rings. The number of thioether (sulfide) groups is 1. The lowest BCUT2D eigenvalue weighted by Crippen LogP contribution is -2.42. The molecule has 1 aromatic carbocycles. The van der Waals surface area contributed by atoms with Crippen molar-refractivity contribution in [3.8, 4) is 0 Å². The van der Waals surface area contributed by atoms with Crippen molar-refractivity contribution in [1.29, 1.82) is 0 Å². The van der Waals surface area contributed by atoms with Crippen molar-refractivity contribution in [2.45, 2.75) is 11.4 Å². The van der Waals surface area contributed by atoms with Gasteiger partial charge in [-0.05, 0) is 24.3 Å². The first-order valence-corrected chi connectivity index (χ1v) is 7.49. The van der Waals surface area contributed by atoms with Crippen LogP contribution in [0.2, 0.25) is 0 Å². The molecule has 1 N–H and O–H groups in total. The van der Waals surface area contributed by atoms with Crippen molar-refractivity contribution in [3.63, 3.8) is 0 Å². The van der Waals surface area contributed by atoms with E-state index < -0.39 is 17.4 Å². The average Bonchev–Trinajstić information content (AvgIpc) is 3.16. The zero-order valence-corrected chi connectivity index (χ0v) is 11.8. The first-order chi connectivity index (χ1) is 10.2. The van der Waals surface area contributed by atoms with Gasteiger partial charge in [-0.25, -0.2) is 4.79 Å². The number of hydrogen-bond donors (Lipinski definition) is 1. The van der Waals surface area contributed by atoms with Crippen LogP contribution in [0, 0.1) is 0 Å². The van der Waals surface area contributed by atoms with Crippen LogP contribution in [-0.4, -0.2) is 33.7 Å². The van der Waals surface area contributed by atoms with E-state index in [9.17, 15) is 14.7 Å². The van der Waals surface area contributed by atoms with Crippen LogP contribution < -0.4 is 0 Å². The first-order valence-electron chi connectivity index (χ1n) is 6.44. The summed E-state index contributed by atoms with van der Waals surface area (Å²) in [7, 11) is 0. The predicted octanol–water partition coefficient (Wildman–Crippen LogP) is 2.62. The number of rotatable bonds is 3. The number of carbonyl (C=O) groups excluding carboxylic acids is 1. The molecule has 21 heavy (non-hydrogen) atoms. The number of carboxylic acid groups (broad SMARTS) is 1. The van der Waals surface area contributed by atoms with E-state index in [1.807, 2.05) is 6.07 Å². The summed E-state index contributed by atoms with van der Waals surface area (Å²) in [5.41, 5.74) is 0.475. The van der Waals surface area contributed by atoms with Gasteiger partial charge in [0.2, 0.25) is 0 Å². The van der Waals surface area contributed by atoms with Gasteiger partial charge in [-0.15, -0.1) is 11.8 Å². The fourth-order valence-electron chi connectivity index (χ4n) is 2.33. The lowest BCUT2D eigenvalue weighted by atomic mass is 10.1. The second-order valence-corrected chi connectivity index (χ2v) is 5.75. The van der Waals surface area contributed by atoms with E-state index in [4.69, 9.17) is 4.42 Å². The molecule has 1 saturated heterocycles. The number of hydrogen-bond acceptors (Lipinski definition) is 4. The van der Waals surface area contributed by atoms with Gasteiger partial charge in [0.15, 0.2) is 0 Å². The Morgan fingerprint density at radius 3 is 2.57 bits per heavy atom. The van der Waals surface area contributed by atoms with Gasteiger partial charge in [0.1, 0.15) is 17.2 Å². The molecule has 0 aliphatic carbocycles. The molecule has 1 fully saturated rings. The molecule has 1 aliphatic heterocycles. The highest BCUT2D eigenvalue weighted by molar-refractivity contribution is 7.99. The van der Waals surface area contributed by atoms with Crippen LogP contribution in [0.1, 0.15) is 21.5 Å². The van der Waals surface area contributed by atoms with Gasteiger partial charge < -0.3 is 14.4 Å². The normalized spacial score (nSPS) is 21.4. The van der Waals surface area contributed by atoms with Crippen LogP contribution >= 0.6 is 11.8 Å². The highest BCUT2D eigenvalue weighted by Crippen LogP contribution is 2.42. The first kappa shape index (κ1) is 13.8. The van der Waals surface area contributed by atoms with Gasteiger partial charge in [-0.2, -0.15) is 0 Å². The van der Waals surface area contributed by atoms with E-state index in [0.717, 1.165) is 0 Å². The van der Waals surface area contributed by atoms with Gasteiger partial charge in [0.05, 0.1) is 6.26 Å². The van der Waals surface area contributed by atoms with Crippen molar-refractivity contribution >= 4 is 23.6 Å². The number of carbonyl (C=O) groups is 2. The molecule has 1 unspecified atom stereocenters. The van der Waals surface area contributed by atoms with E-state index in [1.165, 1.54) is 22.9 Å². The molecular weight excluding hydrogens is 290 g/mol. The number of carboxylic acids is 1. The topological polar surface area (TPSA) is 70.8 Å². The minimum atomic E-state index is -0.999. The minimum absolute atomic E-state index is 0.297. The Bertz CT molecular complexity index is 641. The van der Waals surface area contributed by atoms with E-state index in [-0.39, 0.29) is 5.91 Å². The highest BCUT2D eigenvalue weighted by Gasteiger charge is 2.43. The Morgan fingerprint density at radius 1 is 1.19 bits per heavy atom. The summed E-state index contributed by atoms with van der Waals surface area (Å²) in [4.78, 5) is 25.5. The van der Waals surface area contributed by atoms with Crippen molar-refractivity contribution in [2.75, 3.05) is 5.75 Å². The lowest BCUT2D eigenvalue weighted by molar-refractivity contribution is -0.141. The van der Waals surface area contributed by atoms with Crippen LogP contribution in [0.15, 0.2) is 53.1 Å². The second kappa shape index (κ2) is 5.65. The van der Waals surface area contributed by atoms with E-state index in [2.05, 4.69) is 0 Å². The standard InChI is InChI=1S/C15H13NO4S/c17-13(10-5-2-1-3-6-10)16-11(15(18)19)9-21-14(16)12-7-4-8-20-12/h1-8,11,14H,9H2,(H,18,19)/t11-,14?/m0/s1. The number of aliphatic carboxylic acids is 1. The number of nitrogens with zero attached hydrogens (tertiary/aromatic N) is 1. The maximum absolute atomic E-state index is 12.7. The lowest BCUT2D eigenvalue weighted by Gasteiger charge is -2.26. The molecule has 0 saturated carbocycles. The molecule has 6 heteroatoms. The molecular formula is C15H13NO4S. The Hall–Kier alpha value is -2.21.